The Morgan fingerprint density at radius 1 is 1.46 bits per heavy atom. The predicted molar refractivity (Wildman–Crippen MR) is 89.0 cm³/mol. The van der Waals surface area contributed by atoms with E-state index in [0.717, 1.165) is 16.6 Å². The minimum atomic E-state index is -1.35. The van der Waals surface area contributed by atoms with Gasteiger partial charge in [-0.2, -0.15) is 4.98 Å². The smallest absolute Gasteiger partial charge is 0.351 e. The van der Waals surface area contributed by atoms with Crippen LogP contribution in [0.5, 0.6) is 0 Å². The molecule has 8 heteroatoms. The van der Waals surface area contributed by atoms with Gasteiger partial charge in [0.15, 0.2) is 6.23 Å². The summed E-state index contributed by atoms with van der Waals surface area (Å²) in [6.07, 6.45) is -0.572. The van der Waals surface area contributed by atoms with Crippen molar-refractivity contribution in [3.63, 3.8) is 0 Å². The van der Waals surface area contributed by atoms with Gasteiger partial charge in [0.25, 0.3) is 0 Å². The van der Waals surface area contributed by atoms with Crippen molar-refractivity contribution in [3.8, 4) is 0 Å². The molecule has 2 rings (SSSR count). The number of aliphatic hydroxyl groups is 3. The van der Waals surface area contributed by atoms with Gasteiger partial charge < -0.3 is 25.8 Å². The van der Waals surface area contributed by atoms with Crippen molar-refractivity contribution in [1.29, 1.82) is 0 Å². The minimum absolute atomic E-state index is 0.0890. The minimum Gasteiger partial charge on any atom is -0.394 e. The van der Waals surface area contributed by atoms with Crippen LogP contribution in [-0.4, -0.2) is 49.8 Å². The Labute approximate surface area is 140 Å². The van der Waals surface area contributed by atoms with Crippen molar-refractivity contribution in [2.75, 3.05) is 12.3 Å². The number of aromatic nitrogens is 2. The lowest BCUT2D eigenvalue weighted by Crippen LogP contribution is -2.36. The third-order valence-corrected chi connectivity index (χ3v) is 3.93. The van der Waals surface area contributed by atoms with Crippen LogP contribution in [0.4, 0.5) is 5.82 Å². The Morgan fingerprint density at radius 2 is 2.12 bits per heavy atom. The zero-order valence-electron chi connectivity index (χ0n) is 14.1. The Morgan fingerprint density at radius 3 is 2.67 bits per heavy atom. The number of ether oxygens (including phenoxy) is 1. The number of aliphatic hydroxyl groups excluding tert-OH is 3. The molecule has 5 N–H and O–H groups in total. The molecule has 0 amide bonds. The normalized spacial score (nSPS) is 27.9. The van der Waals surface area contributed by atoms with Gasteiger partial charge in [0.2, 0.25) is 0 Å². The van der Waals surface area contributed by atoms with E-state index in [0.29, 0.717) is 11.5 Å². The third kappa shape index (κ3) is 3.84. The first-order valence-corrected chi connectivity index (χ1v) is 7.92. The van der Waals surface area contributed by atoms with E-state index in [-0.39, 0.29) is 5.82 Å². The van der Waals surface area contributed by atoms with E-state index in [1.54, 1.807) is 0 Å². The molecule has 134 valence electrons. The lowest BCUT2D eigenvalue weighted by atomic mass is 10.0. The molecule has 4 atom stereocenters. The van der Waals surface area contributed by atoms with Gasteiger partial charge in [0.05, 0.1) is 6.61 Å². The standard InChI is InChI=1S/C16H25N3O5/c1-8(2)4-9(3)5-10-6-19(16(23)18-14(10)17)15-13(22)12(21)11(7-20)24-15/h5-6,8,11-13,15,20-22H,4,7H2,1-3H3,(H2,17,18,23)/b9-5-/t11-,12-,13+,15-/m1/s1. The van der Waals surface area contributed by atoms with Crippen molar-refractivity contribution >= 4 is 11.9 Å². The lowest BCUT2D eigenvalue weighted by Gasteiger charge is -2.18. The zero-order valence-corrected chi connectivity index (χ0v) is 14.1. The molecule has 1 aromatic rings. The summed E-state index contributed by atoms with van der Waals surface area (Å²) in [5.41, 5.74) is 6.74. The number of rotatable bonds is 5. The summed E-state index contributed by atoms with van der Waals surface area (Å²) < 4.78 is 6.47. The van der Waals surface area contributed by atoms with Crippen molar-refractivity contribution in [2.45, 2.75) is 51.7 Å². The third-order valence-electron chi connectivity index (χ3n) is 3.93. The molecule has 1 aliphatic heterocycles. The van der Waals surface area contributed by atoms with E-state index >= 15 is 0 Å². The van der Waals surface area contributed by atoms with E-state index in [4.69, 9.17) is 15.6 Å². The van der Waals surface area contributed by atoms with Gasteiger partial charge in [0.1, 0.15) is 24.1 Å². The van der Waals surface area contributed by atoms with E-state index in [1.165, 1.54) is 6.20 Å². The van der Waals surface area contributed by atoms with Gasteiger partial charge in [-0.3, -0.25) is 4.57 Å². The number of nitrogen functional groups attached to an aromatic ring is 1. The molecule has 1 saturated heterocycles. The summed E-state index contributed by atoms with van der Waals surface area (Å²) in [6.45, 7) is 5.69. The highest BCUT2D eigenvalue weighted by Crippen LogP contribution is 2.29. The van der Waals surface area contributed by atoms with Crippen LogP contribution >= 0.6 is 0 Å². The molecular formula is C16H25N3O5. The van der Waals surface area contributed by atoms with Crippen molar-refractivity contribution in [2.24, 2.45) is 5.92 Å². The number of nitrogens with zero attached hydrogens (tertiary/aromatic N) is 2. The second-order valence-electron chi connectivity index (χ2n) is 6.59. The number of anilines is 1. The highest BCUT2D eigenvalue weighted by Gasteiger charge is 2.43. The van der Waals surface area contributed by atoms with Gasteiger partial charge in [0, 0.05) is 11.8 Å². The lowest BCUT2D eigenvalue weighted by molar-refractivity contribution is -0.0549. The second kappa shape index (κ2) is 7.43. The van der Waals surface area contributed by atoms with Crippen LogP contribution in [0.3, 0.4) is 0 Å². The maximum Gasteiger partial charge on any atom is 0.351 e. The van der Waals surface area contributed by atoms with Gasteiger partial charge >= 0.3 is 5.69 Å². The monoisotopic (exact) mass is 339 g/mol. The SMILES string of the molecule is C/C(=C/c1cn([C@@H]2O[C@H](CO)[C@@H](O)[C@@H]2O)c(=O)nc1N)CC(C)C. The fraction of sp³-hybridized carbons (Fsp3) is 0.625. The molecule has 0 radical (unpaired) electrons. The van der Waals surface area contributed by atoms with Crippen LogP contribution in [-0.2, 0) is 4.74 Å². The summed E-state index contributed by atoms with van der Waals surface area (Å²) in [5.74, 6) is 0.563. The molecule has 1 aliphatic rings. The fourth-order valence-electron chi connectivity index (χ4n) is 2.87. The molecule has 0 aliphatic carbocycles. The molecule has 24 heavy (non-hydrogen) atoms. The van der Waals surface area contributed by atoms with Crippen molar-refractivity contribution in [3.05, 3.63) is 27.8 Å². The first kappa shape index (κ1) is 18.6. The predicted octanol–water partition coefficient (Wildman–Crippen LogP) is -0.114. The number of hydrogen-bond acceptors (Lipinski definition) is 7. The van der Waals surface area contributed by atoms with E-state index in [2.05, 4.69) is 18.8 Å². The van der Waals surface area contributed by atoms with Crippen molar-refractivity contribution in [1.82, 2.24) is 9.55 Å². The Bertz CT molecular complexity index is 670. The largest absolute Gasteiger partial charge is 0.394 e. The number of hydrogen-bond donors (Lipinski definition) is 4. The second-order valence-corrected chi connectivity index (χ2v) is 6.59. The average Bonchev–Trinajstić information content (AvgIpc) is 2.77. The van der Waals surface area contributed by atoms with Crippen molar-refractivity contribution < 1.29 is 20.1 Å². The highest BCUT2D eigenvalue weighted by atomic mass is 16.6. The zero-order chi connectivity index (χ0) is 18.0. The number of nitrogens with two attached hydrogens (primary N) is 1. The summed E-state index contributed by atoms with van der Waals surface area (Å²) in [4.78, 5) is 15.9. The maximum absolute atomic E-state index is 12.1. The van der Waals surface area contributed by atoms with Crippen LogP contribution in [0.25, 0.3) is 6.08 Å². The molecule has 1 fully saturated rings. The van der Waals surface area contributed by atoms with Crippen LogP contribution in [0.1, 0.15) is 39.0 Å². The van der Waals surface area contributed by atoms with E-state index < -0.39 is 36.8 Å². The van der Waals surface area contributed by atoms with E-state index in [9.17, 15) is 15.0 Å². The Kier molecular flexibility index (Phi) is 5.76. The topological polar surface area (TPSA) is 131 Å². The molecule has 0 spiro atoms. The first-order chi connectivity index (χ1) is 11.2. The summed E-state index contributed by atoms with van der Waals surface area (Å²) >= 11 is 0. The summed E-state index contributed by atoms with van der Waals surface area (Å²) in [6, 6.07) is 0. The molecule has 0 aromatic carbocycles. The van der Waals surface area contributed by atoms with Crippen LogP contribution in [0, 0.1) is 5.92 Å². The molecule has 1 aromatic heterocycles. The van der Waals surface area contributed by atoms with Crippen LogP contribution in [0.2, 0.25) is 0 Å². The van der Waals surface area contributed by atoms with Crippen LogP contribution in [0.15, 0.2) is 16.6 Å². The van der Waals surface area contributed by atoms with Gasteiger partial charge in [-0.05, 0) is 19.3 Å². The molecule has 2 heterocycles. The van der Waals surface area contributed by atoms with E-state index in [1.807, 2.05) is 13.0 Å². The summed E-state index contributed by atoms with van der Waals surface area (Å²) in [5, 5.41) is 29.1. The molecule has 0 saturated carbocycles. The van der Waals surface area contributed by atoms with Crippen LogP contribution < -0.4 is 11.4 Å². The first-order valence-electron chi connectivity index (χ1n) is 7.92. The maximum atomic E-state index is 12.1. The Balaban J connectivity index is 2.39. The van der Waals surface area contributed by atoms with Gasteiger partial charge in [-0.1, -0.05) is 25.5 Å². The highest BCUT2D eigenvalue weighted by molar-refractivity contribution is 5.61. The van der Waals surface area contributed by atoms with Gasteiger partial charge in [-0.15, -0.1) is 0 Å². The molecule has 8 nitrogen and oxygen atoms in total. The molecule has 0 bridgehead atoms. The summed E-state index contributed by atoms with van der Waals surface area (Å²) in [7, 11) is 0. The Hall–Kier alpha value is -1.74. The fourth-order valence-corrected chi connectivity index (χ4v) is 2.87. The number of allylic oxidation sites excluding steroid dienone is 1. The molecular weight excluding hydrogens is 314 g/mol. The average molecular weight is 339 g/mol. The quantitative estimate of drug-likeness (QED) is 0.588. The van der Waals surface area contributed by atoms with Gasteiger partial charge in [-0.25, -0.2) is 4.79 Å². The molecule has 0 unspecified atom stereocenters.